The Bertz CT molecular complexity index is 2080. The summed E-state index contributed by atoms with van der Waals surface area (Å²) >= 11 is 6.55. The number of anilines is 1. The summed E-state index contributed by atoms with van der Waals surface area (Å²) in [5.41, 5.74) is 0.621. The quantitative estimate of drug-likeness (QED) is 0.184. The number of amides is 1. The highest BCUT2D eigenvalue weighted by atomic mass is 35.5. The van der Waals surface area contributed by atoms with Crippen LogP contribution in [0.1, 0.15) is 23.0 Å². The number of carboxylic acid groups (broad SMARTS) is 1. The van der Waals surface area contributed by atoms with Gasteiger partial charge in [-0.15, -0.1) is 0 Å². The summed E-state index contributed by atoms with van der Waals surface area (Å²) in [5, 5.41) is 16.5. The summed E-state index contributed by atoms with van der Waals surface area (Å²) in [6.07, 6.45) is -0.362. The number of benzene rings is 3. The van der Waals surface area contributed by atoms with Crippen molar-refractivity contribution < 1.29 is 31.8 Å². The summed E-state index contributed by atoms with van der Waals surface area (Å²) in [7, 11) is -0.893. The van der Waals surface area contributed by atoms with Gasteiger partial charge in [0.25, 0.3) is 5.56 Å². The van der Waals surface area contributed by atoms with Crippen LogP contribution in [0.5, 0.6) is 5.75 Å². The zero-order chi connectivity index (χ0) is 33.2. The Morgan fingerprint density at radius 1 is 1.07 bits per heavy atom. The summed E-state index contributed by atoms with van der Waals surface area (Å²) in [6, 6.07) is 12.5. The first-order valence-corrected chi connectivity index (χ1v) is 15.7. The molecule has 240 valence electrons. The molecule has 3 aromatic carbocycles. The number of ether oxygens (including phenoxy) is 1. The fourth-order valence-electron chi connectivity index (χ4n) is 5.08. The van der Waals surface area contributed by atoms with Gasteiger partial charge in [-0.3, -0.25) is 18.8 Å². The molecule has 5 aromatic rings. The molecule has 2 aromatic heterocycles. The lowest BCUT2D eigenvalue weighted by molar-refractivity contribution is 0.189. The van der Waals surface area contributed by atoms with E-state index in [1.54, 1.807) is 24.3 Å². The molecule has 0 spiro atoms. The van der Waals surface area contributed by atoms with E-state index in [4.69, 9.17) is 16.3 Å². The van der Waals surface area contributed by atoms with E-state index in [9.17, 15) is 31.9 Å². The number of rotatable bonds is 11. The molecule has 0 saturated carbocycles. The van der Waals surface area contributed by atoms with Gasteiger partial charge in [-0.2, -0.15) is 5.10 Å². The minimum Gasteiger partial charge on any atom is -0.497 e. The summed E-state index contributed by atoms with van der Waals surface area (Å²) in [4.78, 5) is 29.4. The molecule has 1 amide bonds. The number of hydrogen-bond acceptors (Lipinski definition) is 7. The molecule has 0 fully saturated rings. The first kappa shape index (κ1) is 32.4. The number of nitrogens with zero attached hydrogens (tertiary/aromatic N) is 4. The van der Waals surface area contributed by atoms with Gasteiger partial charge in [-0.05, 0) is 53.9 Å². The Kier molecular flexibility index (Phi) is 9.25. The van der Waals surface area contributed by atoms with Gasteiger partial charge in [0.2, 0.25) is 10.0 Å². The second-order valence-electron chi connectivity index (χ2n) is 10.2. The van der Waals surface area contributed by atoms with E-state index in [1.807, 2.05) is 0 Å². The van der Waals surface area contributed by atoms with E-state index in [0.29, 0.717) is 11.8 Å². The second kappa shape index (κ2) is 13.1. The van der Waals surface area contributed by atoms with Crippen LogP contribution in [0.25, 0.3) is 16.6 Å². The SMILES string of the molecule is COc1ccc(CCS(=O)(=O)Nc2nn(C)c3c(-n4c([C@H](Cc5cc(F)cc(F)c5)NC(=O)O)nccc4=O)ccc(Cl)c23)cc1. The number of halogens is 3. The number of hydrogen-bond donors (Lipinski definition) is 3. The van der Waals surface area contributed by atoms with Gasteiger partial charge in [0, 0.05) is 31.8 Å². The van der Waals surface area contributed by atoms with Crippen molar-refractivity contribution in [3.63, 3.8) is 0 Å². The first-order valence-electron chi connectivity index (χ1n) is 13.7. The van der Waals surface area contributed by atoms with Crippen molar-refractivity contribution in [1.82, 2.24) is 24.6 Å². The fraction of sp³-hybridized carbons (Fsp3) is 0.200. The normalized spacial score (nSPS) is 12.2. The second-order valence-corrected chi connectivity index (χ2v) is 12.5. The number of aryl methyl sites for hydroxylation is 2. The maximum atomic E-state index is 14.0. The molecule has 16 heteroatoms. The van der Waals surface area contributed by atoms with Crippen molar-refractivity contribution in [2.75, 3.05) is 17.6 Å². The van der Waals surface area contributed by atoms with Crippen LogP contribution < -0.4 is 20.3 Å². The third-order valence-corrected chi connectivity index (χ3v) is 8.63. The predicted molar refractivity (Wildman–Crippen MR) is 167 cm³/mol. The van der Waals surface area contributed by atoms with Gasteiger partial charge in [0.15, 0.2) is 5.82 Å². The molecule has 0 aliphatic rings. The molecule has 0 bridgehead atoms. The monoisotopic (exact) mass is 672 g/mol. The highest BCUT2D eigenvalue weighted by Gasteiger charge is 2.26. The molecule has 0 saturated heterocycles. The van der Waals surface area contributed by atoms with Crippen molar-refractivity contribution >= 4 is 44.4 Å². The van der Waals surface area contributed by atoms with Crippen molar-refractivity contribution in [2.45, 2.75) is 18.9 Å². The Balaban J connectivity index is 1.56. The van der Waals surface area contributed by atoms with Gasteiger partial charge >= 0.3 is 6.09 Å². The lowest BCUT2D eigenvalue weighted by Crippen LogP contribution is -2.34. The molecular weight excluding hydrogens is 646 g/mol. The molecule has 46 heavy (non-hydrogen) atoms. The summed E-state index contributed by atoms with van der Waals surface area (Å²) < 4.78 is 64.2. The largest absolute Gasteiger partial charge is 0.497 e. The number of methoxy groups -OCH3 is 1. The topological polar surface area (TPSA) is 157 Å². The number of aromatic nitrogens is 4. The maximum Gasteiger partial charge on any atom is 0.405 e. The molecule has 2 heterocycles. The van der Waals surface area contributed by atoms with E-state index < -0.39 is 39.4 Å². The molecule has 0 radical (unpaired) electrons. The van der Waals surface area contributed by atoms with Crippen LogP contribution in [-0.2, 0) is 29.9 Å². The average molecular weight is 673 g/mol. The van der Waals surface area contributed by atoms with Crippen molar-refractivity contribution in [2.24, 2.45) is 7.05 Å². The average Bonchev–Trinajstić information content (AvgIpc) is 3.31. The molecular formula is C30H27ClF2N6O6S. The zero-order valence-electron chi connectivity index (χ0n) is 24.4. The number of fused-ring (bicyclic) bond motifs is 1. The minimum absolute atomic E-state index is 0.0898. The molecule has 12 nitrogen and oxygen atoms in total. The Hall–Kier alpha value is -5.02. The van der Waals surface area contributed by atoms with Gasteiger partial charge in [-0.1, -0.05) is 23.7 Å². The summed E-state index contributed by atoms with van der Waals surface area (Å²) in [6.45, 7) is 0. The van der Waals surface area contributed by atoms with Crippen molar-refractivity contribution in [3.8, 4) is 11.4 Å². The first-order chi connectivity index (χ1) is 21.8. The lowest BCUT2D eigenvalue weighted by Gasteiger charge is -2.21. The number of nitrogens with one attached hydrogen (secondary N) is 2. The van der Waals surface area contributed by atoms with Crippen LogP contribution in [-0.4, -0.2) is 51.8 Å². The van der Waals surface area contributed by atoms with Crippen LogP contribution in [0.3, 0.4) is 0 Å². The minimum atomic E-state index is -3.94. The Labute approximate surface area is 266 Å². The molecule has 5 rings (SSSR count). The van der Waals surface area contributed by atoms with Crippen LogP contribution in [0.4, 0.5) is 19.4 Å². The van der Waals surface area contributed by atoms with E-state index in [2.05, 4.69) is 20.1 Å². The summed E-state index contributed by atoms with van der Waals surface area (Å²) in [5.74, 6) is -1.56. The number of carbonyl (C=O) groups is 1. The highest BCUT2D eigenvalue weighted by molar-refractivity contribution is 7.92. The van der Waals surface area contributed by atoms with Crippen LogP contribution in [0.15, 0.2) is 71.7 Å². The van der Waals surface area contributed by atoms with Crippen molar-refractivity contribution in [1.29, 1.82) is 0 Å². The van der Waals surface area contributed by atoms with Gasteiger partial charge < -0.3 is 15.2 Å². The van der Waals surface area contributed by atoms with E-state index in [1.165, 1.54) is 37.2 Å². The smallest absolute Gasteiger partial charge is 0.405 e. The molecule has 3 N–H and O–H groups in total. The van der Waals surface area contributed by atoms with Crippen LogP contribution in [0, 0.1) is 11.6 Å². The van der Waals surface area contributed by atoms with Crippen LogP contribution in [0.2, 0.25) is 5.02 Å². The molecule has 0 unspecified atom stereocenters. The Morgan fingerprint density at radius 3 is 2.41 bits per heavy atom. The number of sulfonamides is 1. The fourth-order valence-corrected chi connectivity index (χ4v) is 6.37. The van der Waals surface area contributed by atoms with Crippen LogP contribution >= 0.6 is 11.6 Å². The highest BCUT2D eigenvalue weighted by Crippen LogP contribution is 2.35. The van der Waals surface area contributed by atoms with Gasteiger partial charge in [-0.25, -0.2) is 27.0 Å². The molecule has 0 aliphatic heterocycles. The van der Waals surface area contributed by atoms with E-state index in [-0.39, 0.29) is 57.4 Å². The predicted octanol–water partition coefficient (Wildman–Crippen LogP) is 4.60. The molecule has 0 aliphatic carbocycles. The zero-order valence-corrected chi connectivity index (χ0v) is 25.9. The Morgan fingerprint density at radius 2 is 1.76 bits per heavy atom. The van der Waals surface area contributed by atoms with E-state index in [0.717, 1.165) is 28.3 Å². The van der Waals surface area contributed by atoms with Gasteiger partial charge in [0.1, 0.15) is 23.2 Å². The van der Waals surface area contributed by atoms with E-state index >= 15 is 0 Å². The van der Waals surface area contributed by atoms with Gasteiger partial charge in [0.05, 0.1) is 40.5 Å². The maximum absolute atomic E-state index is 14.0. The lowest BCUT2D eigenvalue weighted by atomic mass is 10.0. The van der Waals surface area contributed by atoms with Crippen molar-refractivity contribution in [3.05, 3.63) is 111 Å². The third-order valence-electron chi connectivity index (χ3n) is 7.07. The standard InChI is InChI=1S/C30H27ClF2N6O6S/c1-38-27-24(39-25(40)9-11-34-29(39)23(35-30(41)42)15-18-13-19(32)16-20(33)14-18)8-7-22(31)26(27)28(36-38)37-46(43,44)12-10-17-3-5-21(45-2)6-4-17/h3-9,11,13-14,16,23,35H,10,12,15H2,1-2H3,(H,36,37)(H,41,42)/t23-/m0/s1. The molecule has 1 atom stereocenters. The third kappa shape index (κ3) is 7.10.